The molecule has 0 unspecified atom stereocenters. The molecular formula is C26H24N6O2. The second-order valence-corrected chi connectivity index (χ2v) is 8.27. The van der Waals surface area contributed by atoms with Crippen LogP contribution >= 0.6 is 0 Å². The van der Waals surface area contributed by atoms with Gasteiger partial charge in [-0.2, -0.15) is 0 Å². The predicted molar refractivity (Wildman–Crippen MR) is 131 cm³/mol. The summed E-state index contributed by atoms with van der Waals surface area (Å²) in [7, 11) is 0. The lowest BCUT2D eigenvalue weighted by atomic mass is 10.1. The zero-order valence-electron chi connectivity index (χ0n) is 18.5. The number of pyridine rings is 1. The van der Waals surface area contributed by atoms with Crippen LogP contribution in [-0.4, -0.2) is 39.9 Å². The third kappa shape index (κ3) is 4.56. The number of anilines is 2. The molecule has 0 spiro atoms. The van der Waals surface area contributed by atoms with E-state index in [2.05, 4.69) is 30.9 Å². The van der Waals surface area contributed by atoms with E-state index in [1.807, 2.05) is 54.6 Å². The molecule has 1 aliphatic carbocycles. The standard InChI is InChI=1S/C26H24N6O2/c33-23(26(11-12-26)24(34)31-20-7-2-1-3-8-20)27-14-15-29-25-28-13-10-22(32-25)19-16-18-6-4-5-9-21(18)30-17-19/h1-10,13,16-17H,11-12,14-15H2,(H,27,33)(H,31,34)(H,28,29,32). The molecule has 0 radical (unpaired) electrons. The number of nitrogens with one attached hydrogen (secondary N) is 3. The van der Waals surface area contributed by atoms with E-state index in [-0.39, 0.29) is 11.8 Å². The van der Waals surface area contributed by atoms with Crippen molar-refractivity contribution in [1.29, 1.82) is 0 Å². The fourth-order valence-corrected chi connectivity index (χ4v) is 3.79. The number of para-hydroxylation sites is 2. The van der Waals surface area contributed by atoms with Crippen LogP contribution in [0.15, 0.2) is 79.1 Å². The third-order valence-corrected chi connectivity index (χ3v) is 5.89. The summed E-state index contributed by atoms with van der Waals surface area (Å²) in [6.07, 6.45) is 4.58. The monoisotopic (exact) mass is 452 g/mol. The lowest BCUT2D eigenvalue weighted by molar-refractivity contribution is -0.134. The Balaban J connectivity index is 1.15. The molecule has 2 amide bonds. The van der Waals surface area contributed by atoms with E-state index in [1.54, 1.807) is 24.5 Å². The van der Waals surface area contributed by atoms with Gasteiger partial charge in [0.2, 0.25) is 17.8 Å². The molecule has 34 heavy (non-hydrogen) atoms. The first-order valence-corrected chi connectivity index (χ1v) is 11.2. The molecule has 0 saturated heterocycles. The molecule has 8 nitrogen and oxygen atoms in total. The highest BCUT2D eigenvalue weighted by molar-refractivity contribution is 6.13. The van der Waals surface area contributed by atoms with Crippen LogP contribution in [0, 0.1) is 5.41 Å². The maximum absolute atomic E-state index is 12.7. The average Bonchev–Trinajstić information content (AvgIpc) is 3.69. The van der Waals surface area contributed by atoms with E-state index in [9.17, 15) is 9.59 Å². The number of nitrogens with zero attached hydrogens (tertiary/aromatic N) is 3. The minimum absolute atomic E-state index is 0.250. The molecule has 170 valence electrons. The Kier molecular flexibility index (Phi) is 5.86. The fraction of sp³-hybridized carbons (Fsp3) is 0.192. The molecule has 2 aromatic carbocycles. The number of hydrogen-bond acceptors (Lipinski definition) is 6. The maximum atomic E-state index is 12.7. The lowest BCUT2D eigenvalue weighted by Crippen LogP contribution is -2.41. The van der Waals surface area contributed by atoms with Gasteiger partial charge < -0.3 is 16.0 Å². The Morgan fingerprint density at radius 1 is 0.882 bits per heavy atom. The minimum atomic E-state index is -0.977. The molecule has 0 bridgehead atoms. The van der Waals surface area contributed by atoms with Crippen molar-refractivity contribution >= 4 is 34.4 Å². The molecule has 2 aromatic heterocycles. The summed E-state index contributed by atoms with van der Waals surface area (Å²) < 4.78 is 0. The fourth-order valence-electron chi connectivity index (χ4n) is 3.79. The van der Waals surface area contributed by atoms with Crippen LogP contribution in [0.1, 0.15) is 12.8 Å². The highest BCUT2D eigenvalue weighted by Crippen LogP contribution is 2.46. The molecule has 4 aromatic rings. The maximum Gasteiger partial charge on any atom is 0.240 e. The van der Waals surface area contributed by atoms with Gasteiger partial charge in [-0.15, -0.1) is 0 Å². The van der Waals surface area contributed by atoms with Crippen molar-refractivity contribution in [2.24, 2.45) is 5.41 Å². The summed E-state index contributed by atoms with van der Waals surface area (Å²) in [5, 5.41) is 9.87. The molecule has 2 heterocycles. The molecule has 1 saturated carbocycles. The summed E-state index contributed by atoms with van der Waals surface area (Å²) in [6, 6.07) is 21.0. The number of hydrogen-bond donors (Lipinski definition) is 3. The van der Waals surface area contributed by atoms with Crippen molar-refractivity contribution in [3.63, 3.8) is 0 Å². The Morgan fingerprint density at radius 3 is 2.50 bits per heavy atom. The van der Waals surface area contributed by atoms with Gasteiger partial charge in [-0.1, -0.05) is 36.4 Å². The number of amides is 2. The van der Waals surface area contributed by atoms with Gasteiger partial charge >= 0.3 is 0 Å². The minimum Gasteiger partial charge on any atom is -0.353 e. The summed E-state index contributed by atoms with van der Waals surface area (Å²) in [6.45, 7) is 0.784. The topological polar surface area (TPSA) is 109 Å². The van der Waals surface area contributed by atoms with Crippen LogP contribution in [-0.2, 0) is 9.59 Å². The summed E-state index contributed by atoms with van der Waals surface area (Å²) >= 11 is 0. The number of carbonyl (C=O) groups is 2. The Labute approximate surface area is 196 Å². The second kappa shape index (κ2) is 9.27. The van der Waals surface area contributed by atoms with E-state index in [4.69, 9.17) is 0 Å². The van der Waals surface area contributed by atoms with Gasteiger partial charge in [0.25, 0.3) is 0 Å². The number of carbonyl (C=O) groups excluding carboxylic acids is 2. The SMILES string of the molecule is O=C(NCCNc1nccc(-c2cnc3ccccc3c2)n1)C1(C(=O)Nc2ccccc2)CC1. The molecule has 1 fully saturated rings. The molecular weight excluding hydrogens is 428 g/mol. The van der Waals surface area contributed by atoms with Gasteiger partial charge in [-0.25, -0.2) is 9.97 Å². The Bertz CT molecular complexity index is 1340. The van der Waals surface area contributed by atoms with E-state index in [0.717, 1.165) is 22.2 Å². The van der Waals surface area contributed by atoms with Crippen LogP contribution in [0.3, 0.4) is 0 Å². The van der Waals surface area contributed by atoms with Crippen LogP contribution in [0.25, 0.3) is 22.2 Å². The van der Waals surface area contributed by atoms with Gasteiger partial charge in [0, 0.05) is 42.1 Å². The highest BCUT2D eigenvalue weighted by Gasteiger charge is 2.56. The largest absolute Gasteiger partial charge is 0.353 e. The number of rotatable bonds is 8. The van der Waals surface area contributed by atoms with E-state index < -0.39 is 5.41 Å². The smallest absolute Gasteiger partial charge is 0.240 e. The van der Waals surface area contributed by atoms with Crippen molar-refractivity contribution < 1.29 is 9.59 Å². The van der Waals surface area contributed by atoms with Crippen LogP contribution in [0.5, 0.6) is 0 Å². The summed E-state index contributed by atoms with van der Waals surface area (Å²) in [4.78, 5) is 38.6. The van der Waals surface area contributed by atoms with Crippen LogP contribution in [0.4, 0.5) is 11.6 Å². The zero-order chi connectivity index (χ0) is 23.4. The normalized spacial score (nSPS) is 13.8. The Hall–Kier alpha value is -4.33. The zero-order valence-corrected chi connectivity index (χ0v) is 18.5. The number of benzene rings is 2. The third-order valence-electron chi connectivity index (χ3n) is 5.89. The van der Waals surface area contributed by atoms with Gasteiger partial charge in [-0.3, -0.25) is 14.6 Å². The van der Waals surface area contributed by atoms with Gasteiger partial charge in [0.15, 0.2) is 0 Å². The number of fused-ring (bicyclic) bond motifs is 1. The summed E-state index contributed by atoms with van der Waals surface area (Å²) in [5.74, 6) is -0.0494. The molecule has 5 rings (SSSR count). The molecule has 0 aliphatic heterocycles. The first-order valence-electron chi connectivity index (χ1n) is 11.2. The number of aromatic nitrogens is 3. The quantitative estimate of drug-likeness (QED) is 0.278. The lowest BCUT2D eigenvalue weighted by Gasteiger charge is -2.15. The van der Waals surface area contributed by atoms with Crippen LogP contribution in [0.2, 0.25) is 0 Å². The van der Waals surface area contributed by atoms with Crippen molar-refractivity contribution in [2.45, 2.75) is 12.8 Å². The average molecular weight is 453 g/mol. The van der Waals surface area contributed by atoms with E-state index >= 15 is 0 Å². The van der Waals surface area contributed by atoms with Gasteiger partial charge in [0.05, 0.1) is 11.2 Å². The second-order valence-electron chi connectivity index (χ2n) is 8.27. The van der Waals surface area contributed by atoms with Crippen molar-refractivity contribution in [2.75, 3.05) is 23.7 Å². The molecule has 8 heteroatoms. The first-order chi connectivity index (χ1) is 16.6. The Morgan fingerprint density at radius 2 is 1.68 bits per heavy atom. The molecule has 3 N–H and O–H groups in total. The van der Waals surface area contributed by atoms with Crippen molar-refractivity contribution in [3.05, 3.63) is 79.1 Å². The molecule has 0 atom stereocenters. The van der Waals surface area contributed by atoms with Gasteiger partial charge in [0.1, 0.15) is 5.41 Å². The first kappa shape index (κ1) is 21.5. The summed E-state index contributed by atoms with van der Waals surface area (Å²) in [5.41, 5.74) is 2.30. The van der Waals surface area contributed by atoms with E-state index in [1.165, 1.54) is 0 Å². The highest BCUT2D eigenvalue weighted by atomic mass is 16.2. The van der Waals surface area contributed by atoms with Crippen LogP contribution < -0.4 is 16.0 Å². The predicted octanol–water partition coefficient (Wildman–Crippen LogP) is 3.64. The molecule has 1 aliphatic rings. The van der Waals surface area contributed by atoms with Crippen molar-refractivity contribution in [3.8, 4) is 11.3 Å². The van der Waals surface area contributed by atoms with Crippen molar-refractivity contribution in [1.82, 2.24) is 20.3 Å². The van der Waals surface area contributed by atoms with Gasteiger partial charge in [-0.05, 0) is 43.2 Å². The van der Waals surface area contributed by atoms with E-state index in [0.29, 0.717) is 37.6 Å².